The Morgan fingerprint density at radius 2 is 2.04 bits per heavy atom. The molecule has 0 spiro atoms. The topological polar surface area (TPSA) is 65.8 Å². The van der Waals surface area contributed by atoms with Gasteiger partial charge in [-0.2, -0.15) is 5.26 Å². The molecule has 1 aliphatic rings. The molecule has 1 heterocycles. The van der Waals surface area contributed by atoms with E-state index in [4.69, 9.17) is 5.26 Å². The Kier molecular flexibility index (Phi) is 4.38. The van der Waals surface area contributed by atoms with Crippen LogP contribution in [0.1, 0.15) is 48.3 Å². The fourth-order valence-electron chi connectivity index (χ4n) is 2.95. The van der Waals surface area contributed by atoms with Gasteiger partial charge in [-0.25, -0.2) is 0 Å². The average molecular weight is 305 g/mol. The largest absolute Gasteiger partial charge is 0.353 e. The third-order valence-electron chi connectivity index (χ3n) is 4.57. The van der Waals surface area contributed by atoms with Crippen LogP contribution in [0.5, 0.6) is 0 Å². The number of hydrogen-bond acceptors (Lipinski definition) is 3. The molecule has 0 saturated heterocycles. The molecule has 23 heavy (non-hydrogen) atoms. The molecule has 1 atom stereocenters. The highest BCUT2D eigenvalue weighted by Gasteiger charge is 2.32. The van der Waals surface area contributed by atoms with Crippen LogP contribution in [0.4, 0.5) is 0 Å². The van der Waals surface area contributed by atoms with E-state index in [1.165, 1.54) is 5.56 Å². The molecule has 2 aromatic rings. The molecular weight excluding hydrogens is 286 g/mol. The molecule has 1 aromatic heterocycles. The molecule has 1 unspecified atom stereocenters. The van der Waals surface area contributed by atoms with Gasteiger partial charge in [0.05, 0.1) is 17.6 Å². The van der Waals surface area contributed by atoms with Gasteiger partial charge in [0.1, 0.15) is 0 Å². The molecule has 0 bridgehead atoms. The van der Waals surface area contributed by atoms with E-state index in [2.05, 4.69) is 16.4 Å². The second-order valence-corrected chi connectivity index (χ2v) is 6.12. The van der Waals surface area contributed by atoms with E-state index in [1.807, 2.05) is 43.3 Å². The van der Waals surface area contributed by atoms with Crippen LogP contribution in [-0.4, -0.2) is 16.9 Å². The lowest BCUT2D eigenvalue weighted by Gasteiger charge is -2.36. The Hall–Kier alpha value is -2.67. The van der Waals surface area contributed by atoms with Crippen molar-refractivity contribution in [2.24, 2.45) is 0 Å². The van der Waals surface area contributed by atoms with Gasteiger partial charge in [-0.3, -0.25) is 9.78 Å². The summed E-state index contributed by atoms with van der Waals surface area (Å²) in [6.07, 6.45) is 5.36. The van der Waals surface area contributed by atoms with Gasteiger partial charge in [0, 0.05) is 18.4 Å². The molecule has 1 aromatic carbocycles. The molecule has 1 aliphatic carbocycles. The summed E-state index contributed by atoms with van der Waals surface area (Å²) in [7, 11) is 0. The molecule has 1 amide bonds. The van der Waals surface area contributed by atoms with Crippen LogP contribution in [0, 0.1) is 11.3 Å². The van der Waals surface area contributed by atoms with Crippen LogP contribution in [0.15, 0.2) is 48.8 Å². The molecule has 4 heteroatoms. The zero-order chi connectivity index (χ0) is 16.2. The van der Waals surface area contributed by atoms with Crippen LogP contribution in [-0.2, 0) is 4.79 Å². The first-order chi connectivity index (χ1) is 11.2. The highest BCUT2D eigenvalue weighted by atomic mass is 16.1. The van der Waals surface area contributed by atoms with Gasteiger partial charge in [0.25, 0.3) is 0 Å². The van der Waals surface area contributed by atoms with Crippen molar-refractivity contribution in [2.45, 2.75) is 37.6 Å². The van der Waals surface area contributed by atoms with Crippen LogP contribution in [0.2, 0.25) is 0 Å². The number of pyridine rings is 1. The zero-order valence-corrected chi connectivity index (χ0v) is 13.1. The van der Waals surface area contributed by atoms with Crippen molar-refractivity contribution in [1.29, 1.82) is 5.26 Å². The first kappa shape index (κ1) is 15.2. The minimum atomic E-state index is -0.183. The molecule has 1 saturated carbocycles. The van der Waals surface area contributed by atoms with Crippen molar-refractivity contribution >= 4 is 5.91 Å². The Labute approximate surface area is 136 Å². The summed E-state index contributed by atoms with van der Waals surface area (Å²) >= 11 is 0. The number of hydrogen-bond donors (Lipinski definition) is 1. The van der Waals surface area contributed by atoms with E-state index in [0.717, 1.165) is 18.4 Å². The van der Waals surface area contributed by atoms with Crippen molar-refractivity contribution in [3.8, 4) is 6.07 Å². The van der Waals surface area contributed by atoms with E-state index in [-0.39, 0.29) is 17.9 Å². The maximum absolute atomic E-state index is 12.3. The van der Waals surface area contributed by atoms with Gasteiger partial charge in [-0.05, 0) is 55.0 Å². The van der Waals surface area contributed by atoms with Gasteiger partial charge in [0.15, 0.2) is 0 Å². The van der Waals surface area contributed by atoms with E-state index in [0.29, 0.717) is 11.5 Å². The van der Waals surface area contributed by atoms with Crippen molar-refractivity contribution in [3.63, 3.8) is 0 Å². The maximum atomic E-state index is 12.3. The predicted molar refractivity (Wildman–Crippen MR) is 87.7 cm³/mol. The zero-order valence-electron chi connectivity index (χ0n) is 13.1. The summed E-state index contributed by atoms with van der Waals surface area (Å²) in [5, 5.41) is 11.9. The fraction of sp³-hybridized carbons (Fsp3) is 0.316. The molecule has 4 nitrogen and oxygen atoms in total. The molecule has 1 fully saturated rings. The summed E-state index contributed by atoms with van der Waals surface area (Å²) in [4.78, 5) is 16.4. The smallest absolute Gasteiger partial charge is 0.227 e. The number of aromatic nitrogens is 1. The minimum Gasteiger partial charge on any atom is -0.353 e. The number of benzene rings is 1. The average Bonchev–Trinajstić information content (AvgIpc) is 2.58. The van der Waals surface area contributed by atoms with Gasteiger partial charge in [-0.1, -0.05) is 18.2 Å². The Morgan fingerprint density at radius 1 is 1.30 bits per heavy atom. The Bertz CT molecular complexity index is 713. The number of carbonyl (C=O) groups excluding carboxylic acids is 1. The second-order valence-electron chi connectivity index (χ2n) is 6.12. The maximum Gasteiger partial charge on any atom is 0.227 e. The number of carbonyl (C=O) groups is 1. The summed E-state index contributed by atoms with van der Waals surface area (Å²) in [5.74, 6) is 0.348. The first-order valence-corrected chi connectivity index (χ1v) is 7.87. The molecule has 1 N–H and O–H groups in total. The van der Waals surface area contributed by atoms with Crippen molar-refractivity contribution in [3.05, 3.63) is 65.5 Å². The van der Waals surface area contributed by atoms with Gasteiger partial charge < -0.3 is 5.32 Å². The highest BCUT2D eigenvalue weighted by molar-refractivity contribution is 5.83. The summed E-state index contributed by atoms with van der Waals surface area (Å²) in [5.41, 5.74) is 2.87. The van der Waals surface area contributed by atoms with Gasteiger partial charge in [-0.15, -0.1) is 0 Å². The summed E-state index contributed by atoms with van der Waals surface area (Å²) in [6, 6.07) is 13.9. The SMILES string of the molecule is CC(C(=O)NC1CC(c2ccc(C#N)cc2)C1)c1cccnc1. The number of rotatable bonds is 4. The number of nitrogens with one attached hydrogen (secondary N) is 1. The van der Waals surface area contributed by atoms with E-state index < -0.39 is 0 Å². The van der Waals surface area contributed by atoms with Crippen molar-refractivity contribution in [1.82, 2.24) is 10.3 Å². The predicted octanol–water partition coefficient (Wildman–Crippen LogP) is 3.12. The number of nitrogens with zero attached hydrogens (tertiary/aromatic N) is 2. The second kappa shape index (κ2) is 6.62. The van der Waals surface area contributed by atoms with E-state index >= 15 is 0 Å². The molecule has 3 rings (SSSR count). The normalized spacial score (nSPS) is 20.9. The van der Waals surface area contributed by atoms with Crippen LogP contribution in [0.3, 0.4) is 0 Å². The summed E-state index contributed by atoms with van der Waals surface area (Å²) < 4.78 is 0. The van der Waals surface area contributed by atoms with Gasteiger partial charge in [0.2, 0.25) is 5.91 Å². The van der Waals surface area contributed by atoms with Crippen LogP contribution >= 0.6 is 0 Å². The number of nitriles is 1. The molecule has 0 radical (unpaired) electrons. The minimum absolute atomic E-state index is 0.0567. The third kappa shape index (κ3) is 3.40. The Morgan fingerprint density at radius 3 is 2.65 bits per heavy atom. The standard InChI is InChI=1S/C19H19N3O/c1-13(16-3-2-8-21-12-16)19(23)22-18-9-17(10-18)15-6-4-14(11-20)5-7-15/h2-8,12-13,17-18H,9-10H2,1H3,(H,22,23). The van der Waals surface area contributed by atoms with Gasteiger partial charge >= 0.3 is 0 Å². The van der Waals surface area contributed by atoms with Crippen LogP contribution in [0.25, 0.3) is 0 Å². The van der Waals surface area contributed by atoms with E-state index in [9.17, 15) is 4.79 Å². The quantitative estimate of drug-likeness (QED) is 0.943. The summed E-state index contributed by atoms with van der Waals surface area (Å²) in [6.45, 7) is 1.91. The molecule has 116 valence electrons. The first-order valence-electron chi connectivity index (χ1n) is 7.87. The molecular formula is C19H19N3O. The third-order valence-corrected chi connectivity index (χ3v) is 4.57. The lowest BCUT2D eigenvalue weighted by atomic mass is 9.75. The van der Waals surface area contributed by atoms with Crippen LogP contribution < -0.4 is 5.32 Å². The Balaban J connectivity index is 1.52. The van der Waals surface area contributed by atoms with Crippen molar-refractivity contribution in [2.75, 3.05) is 0 Å². The highest BCUT2D eigenvalue weighted by Crippen LogP contribution is 2.37. The monoisotopic (exact) mass is 305 g/mol. The number of amides is 1. The molecule has 0 aliphatic heterocycles. The fourth-order valence-corrected chi connectivity index (χ4v) is 2.95. The van der Waals surface area contributed by atoms with E-state index in [1.54, 1.807) is 12.4 Å². The lowest BCUT2D eigenvalue weighted by Crippen LogP contribution is -2.44. The lowest BCUT2D eigenvalue weighted by molar-refractivity contribution is -0.123. The van der Waals surface area contributed by atoms with Crippen molar-refractivity contribution < 1.29 is 4.79 Å².